The van der Waals surface area contributed by atoms with Gasteiger partial charge in [0.1, 0.15) is 5.75 Å². The molecule has 134 valence electrons. The first-order valence-electron chi connectivity index (χ1n) is 8.26. The van der Waals surface area contributed by atoms with Crippen LogP contribution in [0.1, 0.15) is 27.2 Å². The third kappa shape index (κ3) is 7.00. The Morgan fingerprint density at radius 2 is 1.83 bits per heavy atom. The van der Waals surface area contributed by atoms with Crippen LogP contribution in [0.2, 0.25) is 0 Å². The summed E-state index contributed by atoms with van der Waals surface area (Å²) in [5.41, 5.74) is 0.694. The third-order valence-corrected chi connectivity index (χ3v) is 3.34. The molecule has 0 spiro atoms. The Kier molecular flexibility index (Phi) is 8.26. The molecule has 1 rings (SSSR count). The molecule has 2 amide bonds. The van der Waals surface area contributed by atoms with Gasteiger partial charge in [0.25, 0.3) is 0 Å². The van der Waals surface area contributed by atoms with Crippen molar-refractivity contribution in [2.75, 3.05) is 38.6 Å². The van der Waals surface area contributed by atoms with E-state index in [4.69, 9.17) is 4.74 Å². The fourth-order valence-electron chi connectivity index (χ4n) is 2.20. The summed E-state index contributed by atoms with van der Waals surface area (Å²) in [6.07, 6.45) is 0.262. The van der Waals surface area contributed by atoms with Crippen LogP contribution < -0.4 is 15.0 Å². The highest BCUT2D eigenvalue weighted by Gasteiger charge is 2.17. The number of benzene rings is 1. The van der Waals surface area contributed by atoms with E-state index in [9.17, 15) is 9.59 Å². The van der Waals surface area contributed by atoms with Gasteiger partial charge in [-0.25, -0.2) is 0 Å². The van der Waals surface area contributed by atoms with Gasteiger partial charge in [-0.2, -0.15) is 0 Å². The van der Waals surface area contributed by atoms with E-state index in [0.29, 0.717) is 24.5 Å². The Hall–Kier alpha value is -2.08. The molecule has 24 heavy (non-hydrogen) atoms. The number of hydrogen-bond donors (Lipinski definition) is 1. The molecule has 0 bridgehead atoms. The molecule has 0 saturated carbocycles. The molecule has 6 heteroatoms. The van der Waals surface area contributed by atoms with Crippen LogP contribution in [0.3, 0.4) is 0 Å². The molecule has 1 aromatic carbocycles. The van der Waals surface area contributed by atoms with Crippen LogP contribution in [-0.2, 0) is 9.59 Å². The zero-order chi connectivity index (χ0) is 18.1. The minimum Gasteiger partial charge on any atom is -0.489 e. The summed E-state index contributed by atoms with van der Waals surface area (Å²) < 4.78 is 5.77. The first-order chi connectivity index (χ1) is 11.3. The zero-order valence-electron chi connectivity index (χ0n) is 15.3. The summed E-state index contributed by atoms with van der Waals surface area (Å²) >= 11 is 0. The second-order valence-electron chi connectivity index (χ2n) is 6.21. The number of amides is 2. The molecule has 6 nitrogen and oxygen atoms in total. The van der Waals surface area contributed by atoms with Crippen molar-refractivity contribution in [3.63, 3.8) is 0 Å². The minimum absolute atomic E-state index is 0.00860. The number of carbonyl (C=O) groups excluding carboxylic acids is 2. The second-order valence-corrected chi connectivity index (χ2v) is 6.21. The lowest BCUT2D eigenvalue weighted by Crippen LogP contribution is -2.36. The van der Waals surface area contributed by atoms with Crippen molar-refractivity contribution in [2.24, 2.45) is 0 Å². The van der Waals surface area contributed by atoms with Crippen LogP contribution in [-0.4, -0.2) is 56.5 Å². The third-order valence-electron chi connectivity index (χ3n) is 3.34. The van der Waals surface area contributed by atoms with Gasteiger partial charge in [0.2, 0.25) is 11.8 Å². The van der Waals surface area contributed by atoms with Crippen molar-refractivity contribution in [2.45, 2.75) is 33.3 Å². The molecule has 0 atom stereocenters. The molecule has 0 aliphatic heterocycles. The smallest absolute Gasteiger partial charge is 0.223 e. The van der Waals surface area contributed by atoms with Gasteiger partial charge in [0, 0.05) is 33.0 Å². The number of nitrogens with zero attached hydrogens (tertiary/aromatic N) is 2. The molecule has 1 N–H and O–H groups in total. The highest BCUT2D eigenvalue weighted by Crippen LogP contribution is 2.29. The van der Waals surface area contributed by atoms with Crippen LogP contribution in [0.4, 0.5) is 5.69 Å². The normalized spacial score (nSPS) is 10.8. The highest BCUT2D eigenvalue weighted by molar-refractivity contribution is 5.93. The van der Waals surface area contributed by atoms with Gasteiger partial charge in [0.05, 0.1) is 11.8 Å². The quantitative estimate of drug-likeness (QED) is 0.749. The Bertz CT molecular complexity index is 544. The summed E-state index contributed by atoms with van der Waals surface area (Å²) in [6, 6.07) is 7.40. The number of anilines is 1. The van der Waals surface area contributed by atoms with Crippen LogP contribution in [0, 0.1) is 0 Å². The molecule has 1 aromatic rings. The van der Waals surface area contributed by atoms with Crippen molar-refractivity contribution >= 4 is 17.5 Å². The Morgan fingerprint density at radius 3 is 2.42 bits per heavy atom. The van der Waals surface area contributed by atoms with E-state index in [2.05, 4.69) is 5.32 Å². The largest absolute Gasteiger partial charge is 0.489 e. The van der Waals surface area contributed by atoms with E-state index in [1.807, 2.05) is 57.1 Å². The zero-order valence-corrected chi connectivity index (χ0v) is 15.3. The summed E-state index contributed by atoms with van der Waals surface area (Å²) in [5.74, 6) is 0.469. The van der Waals surface area contributed by atoms with E-state index in [1.165, 1.54) is 6.92 Å². The molecule has 0 aliphatic carbocycles. The lowest BCUT2D eigenvalue weighted by Gasteiger charge is -2.24. The van der Waals surface area contributed by atoms with Gasteiger partial charge in [-0.05, 0) is 40.1 Å². The molecule has 0 heterocycles. The molecular weight excluding hydrogens is 306 g/mol. The molecule has 0 fully saturated rings. The fraction of sp³-hybridized carbons (Fsp3) is 0.556. The standard InChI is InChI=1S/C18H29N3O3/c1-14(2)24-17-9-7-6-8-16(17)21(15(3)22)12-10-18(23)19-11-13-20(4)5/h6-9,14H,10-13H2,1-5H3,(H,19,23). The molecule has 0 aromatic heterocycles. The second kappa shape index (κ2) is 9.93. The summed E-state index contributed by atoms with van der Waals surface area (Å²) in [7, 11) is 3.91. The first-order valence-corrected chi connectivity index (χ1v) is 8.26. The van der Waals surface area contributed by atoms with Crippen LogP contribution >= 0.6 is 0 Å². The number of hydrogen-bond acceptors (Lipinski definition) is 4. The van der Waals surface area contributed by atoms with Crippen LogP contribution in [0.15, 0.2) is 24.3 Å². The van der Waals surface area contributed by atoms with Crippen molar-refractivity contribution in [3.8, 4) is 5.75 Å². The van der Waals surface area contributed by atoms with E-state index >= 15 is 0 Å². The van der Waals surface area contributed by atoms with Gasteiger partial charge >= 0.3 is 0 Å². The molecule has 0 unspecified atom stereocenters. The number of rotatable bonds is 9. The van der Waals surface area contributed by atoms with Gasteiger partial charge in [-0.1, -0.05) is 12.1 Å². The topological polar surface area (TPSA) is 61.9 Å². The average Bonchev–Trinajstić information content (AvgIpc) is 2.47. The summed E-state index contributed by atoms with van der Waals surface area (Å²) in [6.45, 7) is 7.07. The van der Waals surface area contributed by atoms with E-state index in [0.717, 1.165) is 6.54 Å². The monoisotopic (exact) mass is 335 g/mol. The summed E-state index contributed by atoms with van der Waals surface area (Å²) in [5, 5.41) is 2.86. The maximum absolute atomic E-state index is 12.0. The fourth-order valence-corrected chi connectivity index (χ4v) is 2.20. The SMILES string of the molecule is CC(=O)N(CCC(=O)NCCN(C)C)c1ccccc1OC(C)C. The van der Waals surface area contributed by atoms with Gasteiger partial charge in [-0.15, -0.1) is 0 Å². The van der Waals surface area contributed by atoms with Gasteiger partial charge in [-0.3, -0.25) is 9.59 Å². The van der Waals surface area contributed by atoms with Gasteiger partial charge < -0.3 is 19.9 Å². The molecule has 0 saturated heterocycles. The van der Waals surface area contributed by atoms with Gasteiger partial charge in [0.15, 0.2) is 0 Å². The van der Waals surface area contributed by atoms with Crippen molar-refractivity contribution in [1.29, 1.82) is 0 Å². The first kappa shape index (κ1) is 20.0. The lowest BCUT2D eigenvalue weighted by atomic mass is 10.2. The maximum Gasteiger partial charge on any atom is 0.223 e. The minimum atomic E-state index is -0.115. The van der Waals surface area contributed by atoms with Crippen molar-refractivity contribution in [3.05, 3.63) is 24.3 Å². The maximum atomic E-state index is 12.0. The number of likely N-dealkylation sites (N-methyl/N-ethyl adjacent to an activating group) is 1. The molecule has 0 aliphatic rings. The Labute approximate surface area is 144 Å². The number of para-hydroxylation sites is 2. The number of nitrogens with one attached hydrogen (secondary N) is 1. The van der Waals surface area contributed by atoms with Crippen LogP contribution in [0.5, 0.6) is 5.75 Å². The van der Waals surface area contributed by atoms with Crippen LogP contribution in [0.25, 0.3) is 0 Å². The Balaban J connectivity index is 2.71. The Morgan fingerprint density at radius 1 is 1.17 bits per heavy atom. The molecule has 0 radical (unpaired) electrons. The predicted octanol–water partition coefficient (Wildman–Crippen LogP) is 1.89. The van der Waals surface area contributed by atoms with E-state index in [-0.39, 0.29) is 24.3 Å². The van der Waals surface area contributed by atoms with Crippen molar-refractivity contribution in [1.82, 2.24) is 10.2 Å². The summed E-state index contributed by atoms with van der Waals surface area (Å²) in [4.78, 5) is 27.6. The average molecular weight is 335 g/mol. The molecular formula is C18H29N3O3. The van der Waals surface area contributed by atoms with Crippen molar-refractivity contribution < 1.29 is 14.3 Å². The highest BCUT2D eigenvalue weighted by atomic mass is 16.5. The lowest BCUT2D eigenvalue weighted by molar-refractivity contribution is -0.121. The predicted molar refractivity (Wildman–Crippen MR) is 96.4 cm³/mol. The number of carbonyl (C=O) groups is 2. The van der Waals surface area contributed by atoms with E-state index in [1.54, 1.807) is 4.90 Å². The van der Waals surface area contributed by atoms with E-state index < -0.39 is 0 Å². The number of ether oxygens (including phenoxy) is 1.